The molecule has 3 aromatic rings. The number of benzene rings is 1. The number of carbonyl (C=O) groups is 2. The van der Waals surface area contributed by atoms with Crippen LogP contribution in [0.25, 0.3) is 0 Å². The fourth-order valence-electron chi connectivity index (χ4n) is 3.08. The second-order valence-corrected chi connectivity index (χ2v) is 7.28. The number of aromatic nitrogens is 3. The maximum atomic E-state index is 14.5. The summed E-state index contributed by atoms with van der Waals surface area (Å²) >= 11 is 0. The van der Waals surface area contributed by atoms with Gasteiger partial charge in [-0.3, -0.25) is 14.6 Å². The Morgan fingerprint density at radius 2 is 1.91 bits per heavy atom. The molecular formula is C22H18FN7O2. The van der Waals surface area contributed by atoms with Gasteiger partial charge in [0, 0.05) is 18.5 Å². The lowest BCUT2D eigenvalue weighted by atomic mass is 10.2. The standard InChI is InChI=1S/C22H18FN7O2/c23-17-7-16(29-18-4-2-1-3-14(18)8-24)11-27-19(17)12-28-21(32)22(5-6-22)30-20(31)15-9-25-13-26-10-15/h1-4,7,9-11,13,29H,5-6,12H2,(H,28,32)(H,30,31). The van der Waals surface area contributed by atoms with Crippen molar-refractivity contribution in [3.8, 4) is 6.07 Å². The van der Waals surface area contributed by atoms with E-state index in [0.717, 1.165) is 0 Å². The van der Waals surface area contributed by atoms with Crippen LogP contribution in [0, 0.1) is 17.1 Å². The molecule has 0 radical (unpaired) electrons. The number of para-hydroxylation sites is 1. The van der Waals surface area contributed by atoms with Gasteiger partial charge in [-0.1, -0.05) is 12.1 Å². The van der Waals surface area contributed by atoms with E-state index >= 15 is 0 Å². The van der Waals surface area contributed by atoms with Crippen LogP contribution in [0.3, 0.4) is 0 Å². The van der Waals surface area contributed by atoms with Gasteiger partial charge in [-0.15, -0.1) is 0 Å². The summed E-state index contributed by atoms with van der Waals surface area (Å²) in [5.74, 6) is -1.47. The van der Waals surface area contributed by atoms with Crippen molar-refractivity contribution in [2.75, 3.05) is 5.32 Å². The highest BCUT2D eigenvalue weighted by Gasteiger charge is 2.51. The Morgan fingerprint density at radius 3 is 2.59 bits per heavy atom. The van der Waals surface area contributed by atoms with Crippen molar-refractivity contribution < 1.29 is 14.0 Å². The molecule has 160 valence electrons. The van der Waals surface area contributed by atoms with E-state index in [4.69, 9.17) is 5.26 Å². The lowest BCUT2D eigenvalue weighted by Gasteiger charge is -2.17. The molecule has 2 heterocycles. The monoisotopic (exact) mass is 431 g/mol. The zero-order chi connectivity index (χ0) is 22.6. The Morgan fingerprint density at radius 1 is 1.16 bits per heavy atom. The van der Waals surface area contributed by atoms with Crippen LogP contribution < -0.4 is 16.0 Å². The minimum atomic E-state index is -1.02. The zero-order valence-electron chi connectivity index (χ0n) is 16.8. The van der Waals surface area contributed by atoms with Gasteiger partial charge in [0.25, 0.3) is 5.91 Å². The van der Waals surface area contributed by atoms with E-state index in [1.807, 2.05) is 0 Å². The predicted octanol–water partition coefficient (Wildman–Crippen LogP) is 2.20. The normalized spacial score (nSPS) is 13.5. The van der Waals surface area contributed by atoms with E-state index in [2.05, 4.69) is 37.0 Å². The molecule has 0 aliphatic heterocycles. The molecule has 9 nitrogen and oxygen atoms in total. The van der Waals surface area contributed by atoms with Gasteiger partial charge in [0.1, 0.15) is 23.8 Å². The molecule has 3 N–H and O–H groups in total. The molecule has 0 atom stereocenters. The smallest absolute Gasteiger partial charge is 0.255 e. The molecule has 0 bridgehead atoms. The number of carbonyl (C=O) groups excluding carboxylic acids is 2. The first-order valence-corrected chi connectivity index (χ1v) is 9.77. The fraction of sp³-hybridized carbons (Fsp3) is 0.182. The van der Waals surface area contributed by atoms with Crippen LogP contribution in [0.4, 0.5) is 15.8 Å². The summed E-state index contributed by atoms with van der Waals surface area (Å²) in [5.41, 5.74) is 0.606. The number of rotatable bonds is 7. The molecular weight excluding hydrogens is 413 g/mol. The van der Waals surface area contributed by atoms with Crippen LogP contribution in [0.2, 0.25) is 0 Å². The number of pyridine rings is 1. The molecule has 0 saturated heterocycles. The Balaban J connectivity index is 1.37. The number of nitrogens with one attached hydrogen (secondary N) is 3. The quantitative estimate of drug-likeness (QED) is 0.522. The Bertz CT molecular complexity index is 1210. The van der Waals surface area contributed by atoms with Gasteiger partial charge < -0.3 is 16.0 Å². The van der Waals surface area contributed by atoms with Crippen LogP contribution >= 0.6 is 0 Å². The van der Waals surface area contributed by atoms with Crippen LogP contribution in [0.1, 0.15) is 34.5 Å². The van der Waals surface area contributed by atoms with Crippen molar-refractivity contribution in [3.63, 3.8) is 0 Å². The van der Waals surface area contributed by atoms with E-state index < -0.39 is 23.2 Å². The van der Waals surface area contributed by atoms with E-state index in [0.29, 0.717) is 29.8 Å². The SMILES string of the molecule is N#Cc1ccccc1Nc1cnc(CNC(=O)C2(NC(=O)c3cncnc3)CC2)c(F)c1. The zero-order valence-corrected chi connectivity index (χ0v) is 16.8. The topological polar surface area (TPSA) is 133 Å². The third-order valence-electron chi connectivity index (χ3n) is 5.02. The minimum Gasteiger partial charge on any atom is -0.353 e. The van der Waals surface area contributed by atoms with Crippen LogP contribution in [-0.2, 0) is 11.3 Å². The Labute approximate surface area is 182 Å². The largest absolute Gasteiger partial charge is 0.353 e. The van der Waals surface area contributed by atoms with Gasteiger partial charge >= 0.3 is 0 Å². The number of nitrogens with zero attached hydrogens (tertiary/aromatic N) is 4. The molecule has 1 aliphatic carbocycles. The first-order valence-electron chi connectivity index (χ1n) is 9.77. The van der Waals surface area contributed by atoms with Gasteiger partial charge in [-0.25, -0.2) is 14.4 Å². The van der Waals surface area contributed by atoms with Gasteiger partial charge in [0.05, 0.1) is 40.9 Å². The highest BCUT2D eigenvalue weighted by molar-refractivity contribution is 6.00. The summed E-state index contributed by atoms with van der Waals surface area (Å²) in [7, 11) is 0. The van der Waals surface area contributed by atoms with Crippen molar-refractivity contribution in [2.24, 2.45) is 0 Å². The summed E-state index contributed by atoms with van der Waals surface area (Å²) in [6.45, 7) is -0.133. The number of anilines is 2. The Kier molecular flexibility index (Phi) is 5.72. The summed E-state index contributed by atoms with van der Waals surface area (Å²) in [6, 6.07) is 10.1. The number of amides is 2. The average molecular weight is 431 g/mol. The van der Waals surface area contributed by atoms with E-state index in [9.17, 15) is 14.0 Å². The van der Waals surface area contributed by atoms with Gasteiger partial charge in [0.2, 0.25) is 5.91 Å². The van der Waals surface area contributed by atoms with Gasteiger partial charge in [-0.05, 0) is 25.0 Å². The molecule has 0 unspecified atom stereocenters. The summed E-state index contributed by atoms with van der Waals surface area (Å²) in [5, 5.41) is 17.4. The highest BCUT2D eigenvalue weighted by atomic mass is 19.1. The summed E-state index contributed by atoms with van der Waals surface area (Å²) < 4.78 is 14.5. The fourth-order valence-corrected chi connectivity index (χ4v) is 3.08. The third kappa shape index (κ3) is 4.52. The second kappa shape index (κ2) is 8.77. The molecule has 2 aromatic heterocycles. The number of halogens is 1. The van der Waals surface area contributed by atoms with E-state index in [-0.39, 0.29) is 17.8 Å². The molecule has 4 rings (SSSR count). The first kappa shape index (κ1) is 20.9. The van der Waals surface area contributed by atoms with Crippen LogP contribution in [0.15, 0.2) is 55.2 Å². The average Bonchev–Trinajstić information content (AvgIpc) is 3.60. The van der Waals surface area contributed by atoms with Crippen LogP contribution in [0.5, 0.6) is 0 Å². The maximum absolute atomic E-state index is 14.5. The van der Waals surface area contributed by atoms with Gasteiger partial charge in [-0.2, -0.15) is 5.26 Å². The highest BCUT2D eigenvalue weighted by Crippen LogP contribution is 2.36. The third-order valence-corrected chi connectivity index (χ3v) is 5.02. The molecule has 0 spiro atoms. The van der Waals surface area contributed by atoms with E-state index in [1.54, 1.807) is 24.3 Å². The molecule has 2 amide bonds. The van der Waals surface area contributed by atoms with Crippen molar-refractivity contribution in [1.29, 1.82) is 5.26 Å². The summed E-state index contributed by atoms with van der Waals surface area (Å²) in [4.78, 5) is 36.5. The second-order valence-electron chi connectivity index (χ2n) is 7.28. The lowest BCUT2D eigenvalue weighted by molar-refractivity contribution is -0.124. The van der Waals surface area contributed by atoms with Crippen molar-refractivity contribution in [2.45, 2.75) is 24.9 Å². The molecule has 1 aromatic carbocycles. The lowest BCUT2D eigenvalue weighted by Crippen LogP contribution is -2.48. The number of nitriles is 1. The maximum Gasteiger partial charge on any atom is 0.255 e. The molecule has 1 fully saturated rings. The minimum absolute atomic E-state index is 0.0519. The number of hydrogen-bond acceptors (Lipinski definition) is 7. The van der Waals surface area contributed by atoms with Crippen LogP contribution in [-0.4, -0.2) is 32.3 Å². The Hall–Kier alpha value is -4.39. The van der Waals surface area contributed by atoms with Gasteiger partial charge in [0.15, 0.2) is 0 Å². The summed E-state index contributed by atoms with van der Waals surface area (Å²) in [6.07, 6.45) is 6.41. The molecule has 1 aliphatic rings. The first-order chi connectivity index (χ1) is 15.5. The molecule has 10 heteroatoms. The molecule has 32 heavy (non-hydrogen) atoms. The molecule has 1 saturated carbocycles. The van der Waals surface area contributed by atoms with Crippen molar-refractivity contribution in [3.05, 3.63) is 77.9 Å². The number of hydrogen-bond donors (Lipinski definition) is 3. The van der Waals surface area contributed by atoms with E-state index in [1.165, 1.54) is 31.0 Å². The predicted molar refractivity (Wildman–Crippen MR) is 112 cm³/mol. The van der Waals surface area contributed by atoms with Crippen molar-refractivity contribution >= 4 is 23.2 Å². The van der Waals surface area contributed by atoms with Crippen molar-refractivity contribution in [1.82, 2.24) is 25.6 Å².